The Morgan fingerprint density at radius 3 is 2.92 bits per heavy atom. The maximum Gasteiger partial charge on any atom is 0.181 e. The minimum absolute atomic E-state index is 0.813. The lowest BCUT2D eigenvalue weighted by Gasteiger charge is -1.95. The fourth-order valence-corrected chi connectivity index (χ4v) is 1.54. The van der Waals surface area contributed by atoms with Crippen LogP contribution in [0.15, 0.2) is 41.3 Å². The summed E-state index contributed by atoms with van der Waals surface area (Å²) in [5, 5.41) is 0. The van der Waals surface area contributed by atoms with Gasteiger partial charge in [-0.15, -0.1) is 0 Å². The van der Waals surface area contributed by atoms with Crippen LogP contribution in [0.25, 0.3) is 11.3 Å². The van der Waals surface area contributed by atoms with Crippen LogP contribution in [0.2, 0.25) is 0 Å². The monoisotopic (exact) mass is 271 g/mol. The molecule has 3 heteroatoms. The van der Waals surface area contributed by atoms with E-state index in [4.69, 9.17) is 4.42 Å². The van der Waals surface area contributed by atoms with Gasteiger partial charge in [-0.2, -0.15) is 0 Å². The SMILES string of the molecule is Ic1cccc(-c2cnco2)c1. The quantitative estimate of drug-likeness (QED) is 0.745. The number of halogens is 1. The van der Waals surface area contributed by atoms with Crippen molar-refractivity contribution in [3.63, 3.8) is 0 Å². The Balaban J connectivity index is 2.48. The number of rotatable bonds is 1. The van der Waals surface area contributed by atoms with Gasteiger partial charge in [0.15, 0.2) is 12.2 Å². The summed E-state index contributed by atoms with van der Waals surface area (Å²) in [6.07, 6.45) is 3.15. The largest absolute Gasteiger partial charge is 0.444 e. The first kappa shape index (κ1) is 7.79. The summed E-state index contributed by atoms with van der Waals surface area (Å²) < 4.78 is 6.36. The molecule has 0 saturated heterocycles. The van der Waals surface area contributed by atoms with Crippen LogP contribution in [0.5, 0.6) is 0 Å². The molecule has 0 spiro atoms. The molecule has 0 amide bonds. The second-order valence-corrected chi connectivity index (χ2v) is 3.62. The molecule has 1 aromatic heterocycles. The molecule has 0 bridgehead atoms. The lowest BCUT2D eigenvalue weighted by molar-refractivity contribution is 0.572. The molecule has 0 fully saturated rings. The van der Waals surface area contributed by atoms with E-state index in [9.17, 15) is 0 Å². The molecule has 2 rings (SSSR count). The third-order valence-electron chi connectivity index (χ3n) is 1.54. The Morgan fingerprint density at radius 1 is 1.33 bits per heavy atom. The molecule has 0 unspecified atom stereocenters. The van der Waals surface area contributed by atoms with Gasteiger partial charge in [0.1, 0.15) is 0 Å². The molecule has 0 atom stereocenters. The second kappa shape index (κ2) is 3.26. The molecule has 0 aliphatic rings. The van der Waals surface area contributed by atoms with Crippen LogP contribution in [0.4, 0.5) is 0 Å². The molecule has 0 aliphatic heterocycles. The van der Waals surface area contributed by atoms with Gasteiger partial charge in [-0.25, -0.2) is 4.98 Å². The summed E-state index contributed by atoms with van der Waals surface area (Å²) in [6.45, 7) is 0. The Kier molecular flexibility index (Phi) is 2.12. The fourth-order valence-electron chi connectivity index (χ4n) is 1.00. The lowest BCUT2D eigenvalue weighted by Crippen LogP contribution is -1.74. The summed E-state index contributed by atoms with van der Waals surface area (Å²) in [7, 11) is 0. The van der Waals surface area contributed by atoms with E-state index in [0.717, 1.165) is 11.3 Å². The van der Waals surface area contributed by atoms with Crippen LogP contribution in [0.3, 0.4) is 0 Å². The van der Waals surface area contributed by atoms with Gasteiger partial charge >= 0.3 is 0 Å². The van der Waals surface area contributed by atoms with Crippen LogP contribution in [0, 0.1) is 3.57 Å². The van der Waals surface area contributed by atoms with E-state index in [0.29, 0.717) is 0 Å². The highest BCUT2D eigenvalue weighted by molar-refractivity contribution is 14.1. The van der Waals surface area contributed by atoms with Crippen molar-refractivity contribution < 1.29 is 4.42 Å². The molecule has 0 radical (unpaired) electrons. The molecule has 60 valence electrons. The van der Waals surface area contributed by atoms with Gasteiger partial charge in [0.25, 0.3) is 0 Å². The maximum absolute atomic E-state index is 5.16. The van der Waals surface area contributed by atoms with E-state index in [2.05, 4.69) is 33.6 Å². The van der Waals surface area contributed by atoms with Gasteiger partial charge in [-0.05, 0) is 34.7 Å². The van der Waals surface area contributed by atoms with Crippen LogP contribution < -0.4 is 0 Å². The first-order valence-corrected chi connectivity index (χ1v) is 4.58. The number of hydrogen-bond acceptors (Lipinski definition) is 2. The fraction of sp³-hybridized carbons (Fsp3) is 0. The van der Waals surface area contributed by atoms with Gasteiger partial charge in [0.05, 0.1) is 6.20 Å². The molecular formula is C9H6INO. The van der Waals surface area contributed by atoms with E-state index in [1.165, 1.54) is 9.96 Å². The number of oxazole rings is 1. The van der Waals surface area contributed by atoms with Crippen LogP contribution >= 0.6 is 22.6 Å². The third-order valence-corrected chi connectivity index (χ3v) is 2.21. The number of aromatic nitrogens is 1. The zero-order valence-corrected chi connectivity index (χ0v) is 8.36. The summed E-state index contributed by atoms with van der Waals surface area (Å²) in [4.78, 5) is 3.86. The van der Waals surface area contributed by atoms with Crippen molar-refractivity contribution in [3.05, 3.63) is 40.4 Å². The summed E-state index contributed by atoms with van der Waals surface area (Å²) in [5.74, 6) is 0.813. The predicted octanol–water partition coefficient (Wildman–Crippen LogP) is 2.95. The predicted molar refractivity (Wildman–Crippen MR) is 54.7 cm³/mol. The Hall–Kier alpha value is -0.840. The molecular weight excluding hydrogens is 265 g/mol. The van der Waals surface area contributed by atoms with E-state index >= 15 is 0 Å². The van der Waals surface area contributed by atoms with Gasteiger partial charge in [0.2, 0.25) is 0 Å². The van der Waals surface area contributed by atoms with Crippen molar-refractivity contribution in [2.75, 3.05) is 0 Å². The van der Waals surface area contributed by atoms with Crippen molar-refractivity contribution >= 4 is 22.6 Å². The van der Waals surface area contributed by atoms with Gasteiger partial charge in [-0.3, -0.25) is 0 Å². The molecule has 2 nitrogen and oxygen atoms in total. The normalized spacial score (nSPS) is 10.1. The second-order valence-electron chi connectivity index (χ2n) is 2.38. The zero-order valence-electron chi connectivity index (χ0n) is 6.20. The summed E-state index contributed by atoms with van der Waals surface area (Å²) in [5.41, 5.74) is 1.07. The van der Waals surface area contributed by atoms with Crippen LogP contribution in [-0.4, -0.2) is 4.98 Å². The summed E-state index contributed by atoms with van der Waals surface area (Å²) >= 11 is 2.27. The first-order chi connectivity index (χ1) is 5.86. The molecule has 1 aromatic carbocycles. The topological polar surface area (TPSA) is 26.0 Å². The van der Waals surface area contributed by atoms with E-state index in [1.54, 1.807) is 6.20 Å². The Bertz CT molecular complexity index is 370. The van der Waals surface area contributed by atoms with Crippen molar-refractivity contribution in [1.82, 2.24) is 4.98 Å². The van der Waals surface area contributed by atoms with Crippen LogP contribution in [-0.2, 0) is 0 Å². The average molecular weight is 271 g/mol. The standard InChI is InChI=1S/C9H6INO/c10-8-3-1-2-7(4-8)9-5-11-6-12-9/h1-6H. The van der Waals surface area contributed by atoms with Crippen molar-refractivity contribution in [3.8, 4) is 11.3 Å². The minimum Gasteiger partial charge on any atom is -0.444 e. The van der Waals surface area contributed by atoms with Crippen LogP contribution in [0.1, 0.15) is 0 Å². The van der Waals surface area contributed by atoms with E-state index in [-0.39, 0.29) is 0 Å². The zero-order chi connectivity index (χ0) is 8.39. The smallest absolute Gasteiger partial charge is 0.181 e. The minimum atomic E-state index is 0.813. The number of nitrogens with zero attached hydrogens (tertiary/aromatic N) is 1. The van der Waals surface area contributed by atoms with E-state index < -0.39 is 0 Å². The lowest BCUT2D eigenvalue weighted by atomic mass is 10.2. The molecule has 0 saturated carbocycles. The molecule has 1 heterocycles. The van der Waals surface area contributed by atoms with Crippen molar-refractivity contribution in [1.29, 1.82) is 0 Å². The Labute approximate surface area is 83.8 Å². The number of benzene rings is 1. The average Bonchev–Trinajstić information content (AvgIpc) is 2.56. The highest BCUT2D eigenvalue weighted by Gasteiger charge is 1.99. The Morgan fingerprint density at radius 2 is 2.25 bits per heavy atom. The van der Waals surface area contributed by atoms with Crippen molar-refractivity contribution in [2.24, 2.45) is 0 Å². The highest BCUT2D eigenvalue weighted by Crippen LogP contribution is 2.19. The van der Waals surface area contributed by atoms with Gasteiger partial charge in [0, 0.05) is 9.13 Å². The number of hydrogen-bond donors (Lipinski definition) is 0. The highest BCUT2D eigenvalue weighted by atomic mass is 127. The third kappa shape index (κ3) is 1.50. The van der Waals surface area contributed by atoms with E-state index in [1.807, 2.05) is 18.2 Å². The van der Waals surface area contributed by atoms with Gasteiger partial charge in [-0.1, -0.05) is 12.1 Å². The van der Waals surface area contributed by atoms with Crippen molar-refractivity contribution in [2.45, 2.75) is 0 Å². The molecule has 12 heavy (non-hydrogen) atoms. The van der Waals surface area contributed by atoms with Gasteiger partial charge < -0.3 is 4.42 Å². The molecule has 0 N–H and O–H groups in total. The maximum atomic E-state index is 5.16. The molecule has 2 aromatic rings. The molecule has 0 aliphatic carbocycles. The summed E-state index contributed by atoms with van der Waals surface area (Å²) in [6, 6.07) is 8.10. The first-order valence-electron chi connectivity index (χ1n) is 3.51.